The summed E-state index contributed by atoms with van der Waals surface area (Å²) >= 11 is 0. The van der Waals surface area contributed by atoms with Gasteiger partial charge in [0, 0.05) is 43.8 Å². The van der Waals surface area contributed by atoms with Crippen molar-refractivity contribution in [3.63, 3.8) is 0 Å². The van der Waals surface area contributed by atoms with E-state index >= 15 is 0 Å². The zero-order valence-corrected chi connectivity index (χ0v) is 18.6. The van der Waals surface area contributed by atoms with Crippen LogP contribution in [0.3, 0.4) is 0 Å². The first kappa shape index (κ1) is 20.5. The van der Waals surface area contributed by atoms with Crippen LogP contribution >= 0.6 is 0 Å². The molecule has 1 fully saturated rings. The van der Waals surface area contributed by atoms with Crippen LogP contribution in [0.1, 0.15) is 26.3 Å². The van der Waals surface area contributed by atoms with E-state index in [1.807, 2.05) is 18.3 Å². The summed E-state index contributed by atoms with van der Waals surface area (Å²) in [6.45, 7) is 9.84. The summed E-state index contributed by atoms with van der Waals surface area (Å²) in [5.41, 5.74) is 3.59. The number of nitrogens with zero attached hydrogens (tertiary/aromatic N) is 3. The van der Waals surface area contributed by atoms with Gasteiger partial charge in [-0.25, -0.2) is 0 Å². The fourth-order valence-electron chi connectivity index (χ4n) is 4.15. The van der Waals surface area contributed by atoms with Gasteiger partial charge in [0.05, 0.1) is 26.0 Å². The topological polar surface area (TPSA) is 72.4 Å². The molecule has 1 saturated heterocycles. The Bertz CT molecular complexity index is 1110. The maximum atomic E-state index is 12.4. The van der Waals surface area contributed by atoms with Crippen LogP contribution in [-0.4, -0.2) is 47.0 Å². The molecule has 0 aliphatic carbocycles. The van der Waals surface area contributed by atoms with Crippen molar-refractivity contribution >= 4 is 10.9 Å². The van der Waals surface area contributed by atoms with Gasteiger partial charge in [-0.05, 0) is 29.0 Å². The Kier molecular flexibility index (Phi) is 5.10. The van der Waals surface area contributed by atoms with Crippen LogP contribution in [0.25, 0.3) is 22.0 Å². The molecule has 3 aromatic rings. The Morgan fingerprint density at radius 3 is 2.37 bits per heavy atom. The third-order valence-corrected chi connectivity index (χ3v) is 6.27. The summed E-state index contributed by atoms with van der Waals surface area (Å²) in [5.74, 6) is 2.27. The van der Waals surface area contributed by atoms with E-state index in [9.17, 15) is 4.79 Å². The Balaban J connectivity index is 1.72. The number of rotatable bonds is 5. The molecule has 2 aromatic heterocycles. The second-order valence-electron chi connectivity index (χ2n) is 9.23. The summed E-state index contributed by atoms with van der Waals surface area (Å²) in [7, 11) is 5.11. The van der Waals surface area contributed by atoms with E-state index in [-0.39, 0.29) is 5.56 Å². The SMILES string of the molecule is COc1cc(-c2cn(C)c(=O)c3[nH]ncc23)cc(OC)c1CN1CC(C(C)(C)C)C1. The van der Waals surface area contributed by atoms with Gasteiger partial charge in [0.2, 0.25) is 0 Å². The van der Waals surface area contributed by atoms with E-state index in [1.165, 1.54) is 0 Å². The maximum Gasteiger partial charge on any atom is 0.276 e. The molecule has 1 aromatic carbocycles. The number of aromatic nitrogens is 3. The Morgan fingerprint density at radius 1 is 1.17 bits per heavy atom. The number of pyridine rings is 1. The minimum Gasteiger partial charge on any atom is -0.496 e. The van der Waals surface area contributed by atoms with Gasteiger partial charge in [-0.15, -0.1) is 0 Å². The van der Waals surface area contributed by atoms with Crippen molar-refractivity contribution in [3.05, 3.63) is 40.4 Å². The predicted octanol–water partition coefficient (Wildman–Crippen LogP) is 3.42. The average molecular weight is 411 g/mol. The van der Waals surface area contributed by atoms with Crippen molar-refractivity contribution in [1.29, 1.82) is 0 Å². The lowest BCUT2D eigenvalue weighted by Crippen LogP contribution is -2.51. The largest absolute Gasteiger partial charge is 0.496 e. The molecule has 7 nitrogen and oxygen atoms in total. The Hall–Kier alpha value is -2.80. The normalized spacial score (nSPS) is 15.4. The molecule has 0 spiro atoms. The lowest BCUT2D eigenvalue weighted by molar-refractivity contribution is 0.0180. The molecule has 7 heteroatoms. The number of hydrogen-bond acceptors (Lipinski definition) is 5. The lowest BCUT2D eigenvalue weighted by Gasteiger charge is -2.46. The van der Waals surface area contributed by atoms with Gasteiger partial charge < -0.3 is 14.0 Å². The van der Waals surface area contributed by atoms with Gasteiger partial charge in [-0.2, -0.15) is 5.10 Å². The molecule has 1 aliphatic rings. The third-order valence-electron chi connectivity index (χ3n) is 6.27. The molecule has 4 rings (SSSR count). The standard InChI is InChI=1S/C23H30N4O3/c1-23(2,3)15-10-27(11-15)13-18-19(29-5)7-14(8-20(18)30-6)17-12-26(4)22(28)21-16(17)9-24-25-21/h7-9,12,15H,10-11,13H2,1-6H3,(H,24,25). The minimum atomic E-state index is -0.104. The van der Waals surface area contributed by atoms with Crippen LogP contribution in [-0.2, 0) is 13.6 Å². The summed E-state index contributed by atoms with van der Waals surface area (Å²) in [6, 6.07) is 4.04. The Labute approximate surface area is 176 Å². The number of likely N-dealkylation sites (tertiary alicyclic amines) is 1. The van der Waals surface area contributed by atoms with Crippen LogP contribution in [0.15, 0.2) is 29.3 Å². The first-order chi connectivity index (χ1) is 14.2. The highest BCUT2D eigenvalue weighted by molar-refractivity contribution is 5.94. The third kappa shape index (κ3) is 3.47. The van der Waals surface area contributed by atoms with Crippen molar-refractivity contribution in [2.45, 2.75) is 27.3 Å². The van der Waals surface area contributed by atoms with Gasteiger partial charge in [-0.1, -0.05) is 20.8 Å². The zero-order valence-electron chi connectivity index (χ0n) is 18.6. The van der Waals surface area contributed by atoms with Gasteiger partial charge in [-0.3, -0.25) is 14.8 Å². The van der Waals surface area contributed by atoms with E-state index in [0.717, 1.165) is 53.2 Å². The minimum absolute atomic E-state index is 0.104. The van der Waals surface area contributed by atoms with Crippen LogP contribution in [0.4, 0.5) is 0 Å². The van der Waals surface area contributed by atoms with E-state index in [2.05, 4.69) is 35.9 Å². The monoisotopic (exact) mass is 410 g/mol. The molecule has 160 valence electrons. The molecule has 0 unspecified atom stereocenters. The first-order valence-electron chi connectivity index (χ1n) is 10.2. The number of ether oxygens (including phenoxy) is 2. The fraction of sp³-hybridized carbons (Fsp3) is 0.478. The van der Waals surface area contributed by atoms with E-state index < -0.39 is 0 Å². The number of aromatic amines is 1. The highest BCUT2D eigenvalue weighted by Crippen LogP contribution is 2.40. The van der Waals surface area contributed by atoms with Crippen molar-refractivity contribution in [1.82, 2.24) is 19.7 Å². The molecule has 0 bridgehead atoms. The van der Waals surface area contributed by atoms with Gasteiger partial charge in [0.1, 0.15) is 17.0 Å². The molecule has 0 atom stereocenters. The maximum absolute atomic E-state index is 12.4. The summed E-state index contributed by atoms with van der Waals surface area (Å²) in [5, 5.41) is 7.66. The number of nitrogens with one attached hydrogen (secondary N) is 1. The van der Waals surface area contributed by atoms with Crippen molar-refractivity contribution in [3.8, 4) is 22.6 Å². The van der Waals surface area contributed by atoms with E-state index in [4.69, 9.17) is 9.47 Å². The molecule has 0 amide bonds. The first-order valence-corrected chi connectivity index (χ1v) is 10.2. The molecule has 30 heavy (non-hydrogen) atoms. The Morgan fingerprint density at radius 2 is 1.80 bits per heavy atom. The van der Waals surface area contributed by atoms with Crippen molar-refractivity contribution < 1.29 is 9.47 Å². The summed E-state index contributed by atoms with van der Waals surface area (Å²) in [4.78, 5) is 14.8. The molecular weight excluding hydrogens is 380 g/mol. The van der Waals surface area contributed by atoms with E-state index in [1.54, 1.807) is 32.0 Å². The molecule has 0 saturated carbocycles. The van der Waals surface area contributed by atoms with Crippen molar-refractivity contribution in [2.75, 3.05) is 27.3 Å². The van der Waals surface area contributed by atoms with Gasteiger partial charge in [0.25, 0.3) is 5.56 Å². The van der Waals surface area contributed by atoms with Gasteiger partial charge >= 0.3 is 0 Å². The number of fused-ring (bicyclic) bond motifs is 1. The number of benzene rings is 1. The molecule has 1 aliphatic heterocycles. The lowest BCUT2D eigenvalue weighted by atomic mass is 9.76. The smallest absolute Gasteiger partial charge is 0.276 e. The van der Waals surface area contributed by atoms with E-state index in [0.29, 0.717) is 16.8 Å². The molecule has 3 heterocycles. The summed E-state index contributed by atoms with van der Waals surface area (Å²) in [6.07, 6.45) is 3.52. The average Bonchev–Trinajstić information content (AvgIpc) is 3.15. The van der Waals surface area contributed by atoms with Crippen LogP contribution in [0.5, 0.6) is 11.5 Å². The molecule has 1 N–H and O–H groups in total. The fourth-order valence-corrected chi connectivity index (χ4v) is 4.15. The van der Waals surface area contributed by atoms with Crippen LogP contribution in [0, 0.1) is 11.3 Å². The van der Waals surface area contributed by atoms with Gasteiger partial charge in [0.15, 0.2) is 0 Å². The molecular formula is C23H30N4O3. The van der Waals surface area contributed by atoms with Crippen LogP contribution in [0.2, 0.25) is 0 Å². The zero-order chi connectivity index (χ0) is 21.6. The number of aryl methyl sites for hydroxylation is 1. The number of methoxy groups -OCH3 is 2. The molecule has 0 radical (unpaired) electrons. The predicted molar refractivity (Wildman–Crippen MR) is 118 cm³/mol. The second-order valence-corrected chi connectivity index (χ2v) is 9.23. The highest BCUT2D eigenvalue weighted by atomic mass is 16.5. The quantitative estimate of drug-likeness (QED) is 0.698. The number of hydrogen-bond donors (Lipinski definition) is 1. The van der Waals surface area contributed by atoms with Crippen LogP contribution < -0.4 is 15.0 Å². The highest BCUT2D eigenvalue weighted by Gasteiger charge is 2.36. The van der Waals surface area contributed by atoms with Crippen molar-refractivity contribution in [2.24, 2.45) is 18.4 Å². The second kappa shape index (κ2) is 7.47. The number of H-pyrrole nitrogens is 1. The summed E-state index contributed by atoms with van der Waals surface area (Å²) < 4.78 is 13.1.